The van der Waals surface area contributed by atoms with Crippen LogP contribution in [0.5, 0.6) is 0 Å². The lowest BCUT2D eigenvalue weighted by molar-refractivity contribution is 1.34. The molecule has 0 spiro atoms. The van der Waals surface area contributed by atoms with E-state index in [1.165, 1.54) is 178 Å². The number of rotatable bonds is 7. The Hall–Kier alpha value is -12.2. The van der Waals surface area contributed by atoms with Gasteiger partial charge in [0.25, 0.3) is 0 Å². The standard InChI is InChI=1S/7C14H14.C12H12/c1-11-7-3-5-9-13(11)14-10-6-4-8-12(14)2;1-11-6-5-8-13(10-11)14-9-4-3-7-12(14)2;1-11-7-6-8-12(2)14(11)13-9-4-3-5-10-13;1-11-8-12(2)10-14(9-11)13-6-4-3-5-7-13;1-11-8-9-14(10-12(11)2)13-6-4-3-5-7-13;1-11-8-9-14(12(2)10-11)13-6-4-3-5-7-13;1-11-8-9-12(2)14(10-11)13-6-4-3-5-7-13;1-9-5-3-8-12-10(2)6-4-7-11(9)12/h7*3-10H,1-2H3;3-8H,1-2H3. The van der Waals surface area contributed by atoms with Crippen molar-refractivity contribution in [2.45, 2.75) is 111 Å². The maximum atomic E-state index is 2.24. The summed E-state index contributed by atoms with van der Waals surface area (Å²) >= 11 is 0. The lowest BCUT2D eigenvalue weighted by Crippen LogP contribution is -1.86. The van der Waals surface area contributed by atoms with Gasteiger partial charge in [-0.2, -0.15) is 0 Å². The van der Waals surface area contributed by atoms with Crippen LogP contribution in [0.1, 0.15) is 89.0 Å². The third kappa shape index (κ3) is 24.4. The first kappa shape index (κ1) is 81.8. The summed E-state index contributed by atoms with van der Waals surface area (Å²) in [7, 11) is 0. The number of hydrogen-bond donors (Lipinski definition) is 0. The molecule has 0 heteroatoms. The lowest BCUT2D eigenvalue weighted by Gasteiger charge is -2.09. The molecule has 0 aromatic heterocycles. The first-order chi connectivity index (χ1) is 53.2. The zero-order valence-electron chi connectivity index (χ0n) is 67.8. The van der Waals surface area contributed by atoms with Crippen LogP contribution < -0.4 is 0 Å². The second kappa shape index (κ2) is 41.8. The monoisotopic (exact) mass is 1430 g/mol. The van der Waals surface area contributed by atoms with Crippen molar-refractivity contribution in [3.05, 3.63) is 465 Å². The number of aryl methyl sites for hydroxylation is 16. The average Bonchev–Trinajstić information content (AvgIpc) is 0.932. The maximum Gasteiger partial charge on any atom is -0.0125 e. The van der Waals surface area contributed by atoms with Crippen molar-refractivity contribution >= 4 is 10.8 Å². The number of fused-ring (bicyclic) bond motifs is 1. The van der Waals surface area contributed by atoms with Crippen LogP contribution in [0, 0.1) is 111 Å². The summed E-state index contributed by atoms with van der Waals surface area (Å²) in [6.45, 7) is 34.4. The van der Waals surface area contributed by atoms with Gasteiger partial charge >= 0.3 is 0 Å². The van der Waals surface area contributed by atoms with Crippen LogP contribution in [0.2, 0.25) is 0 Å². The predicted molar refractivity (Wildman–Crippen MR) is 483 cm³/mol. The highest BCUT2D eigenvalue weighted by Crippen LogP contribution is 2.31. The van der Waals surface area contributed by atoms with Gasteiger partial charge in [-0.3, -0.25) is 0 Å². The molecular weight excluding hydrogens is 1320 g/mol. The van der Waals surface area contributed by atoms with Crippen LogP contribution in [0.15, 0.2) is 376 Å². The quantitative estimate of drug-likeness (QED) is 0.149. The molecule has 0 radical (unpaired) electrons. The molecule has 0 aliphatic carbocycles. The van der Waals surface area contributed by atoms with Crippen molar-refractivity contribution in [1.29, 1.82) is 0 Å². The molecule has 0 bridgehead atoms. The second-order valence-electron chi connectivity index (χ2n) is 29.0. The largest absolute Gasteiger partial charge is 0.0622 e. The molecule has 16 rings (SSSR count). The molecular formula is C110H110. The van der Waals surface area contributed by atoms with E-state index >= 15 is 0 Å². The van der Waals surface area contributed by atoms with Crippen molar-refractivity contribution in [1.82, 2.24) is 0 Å². The minimum absolute atomic E-state index is 1.29. The van der Waals surface area contributed by atoms with Crippen LogP contribution in [-0.2, 0) is 0 Å². The molecule has 0 N–H and O–H groups in total. The van der Waals surface area contributed by atoms with E-state index in [4.69, 9.17) is 0 Å². The van der Waals surface area contributed by atoms with Gasteiger partial charge in [-0.25, -0.2) is 0 Å². The molecule has 16 aromatic rings. The van der Waals surface area contributed by atoms with E-state index in [1.807, 2.05) is 18.2 Å². The minimum atomic E-state index is 1.29. The molecule has 16 aromatic carbocycles. The van der Waals surface area contributed by atoms with E-state index in [2.05, 4.69) is 469 Å². The number of benzene rings is 16. The third-order valence-electron chi connectivity index (χ3n) is 19.8. The van der Waals surface area contributed by atoms with Gasteiger partial charge in [0, 0.05) is 0 Å². The molecule has 110 heavy (non-hydrogen) atoms. The first-order valence-electron chi connectivity index (χ1n) is 38.5. The Kier molecular flexibility index (Phi) is 31.1. The average molecular weight is 1430 g/mol. The zero-order valence-corrected chi connectivity index (χ0v) is 67.8. The van der Waals surface area contributed by atoms with E-state index < -0.39 is 0 Å². The van der Waals surface area contributed by atoms with E-state index in [0.717, 1.165) is 0 Å². The highest BCUT2D eigenvalue weighted by Gasteiger charge is 2.08. The van der Waals surface area contributed by atoms with Crippen molar-refractivity contribution in [2.75, 3.05) is 0 Å². The second-order valence-corrected chi connectivity index (χ2v) is 29.0. The Morgan fingerprint density at radius 2 is 0.445 bits per heavy atom. The normalized spacial score (nSPS) is 10.2. The van der Waals surface area contributed by atoms with Crippen LogP contribution in [0.4, 0.5) is 0 Å². The van der Waals surface area contributed by atoms with Gasteiger partial charge in [-0.15, -0.1) is 0 Å². The van der Waals surface area contributed by atoms with E-state index in [9.17, 15) is 0 Å². The molecule has 0 heterocycles. The Morgan fingerprint density at radius 3 is 0.909 bits per heavy atom. The molecule has 0 nitrogen and oxygen atoms in total. The van der Waals surface area contributed by atoms with Crippen molar-refractivity contribution in [3.63, 3.8) is 0 Å². The van der Waals surface area contributed by atoms with Gasteiger partial charge in [-0.05, 0) is 261 Å². The zero-order chi connectivity index (χ0) is 78.3. The summed E-state index contributed by atoms with van der Waals surface area (Å²) in [6, 6.07) is 132. The highest BCUT2D eigenvalue weighted by molar-refractivity contribution is 5.88. The molecule has 550 valence electrons. The van der Waals surface area contributed by atoms with Gasteiger partial charge in [0.05, 0.1) is 0 Å². The molecule has 0 aliphatic heterocycles. The maximum absolute atomic E-state index is 2.24. The summed E-state index contributed by atoms with van der Waals surface area (Å²) in [6.07, 6.45) is 0. The summed E-state index contributed by atoms with van der Waals surface area (Å²) < 4.78 is 0. The topological polar surface area (TPSA) is 0 Å². The fourth-order valence-corrected chi connectivity index (χ4v) is 13.7. The highest BCUT2D eigenvalue weighted by atomic mass is 14.1. The Labute approximate surface area is 660 Å². The van der Waals surface area contributed by atoms with E-state index in [-0.39, 0.29) is 0 Å². The Balaban J connectivity index is 0.000000145. The van der Waals surface area contributed by atoms with E-state index in [0.29, 0.717) is 0 Å². The molecule has 0 fully saturated rings. The smallest absolute Gasteiger partial charge is 0.0125 e. The van der Waals surface area contributed by atoms with Gasteiger partial charge in [0.15, 0.2) is 0 Å². The van der Waals surface area contributed by atoms with Crippen LogP contribution in [-0.4, -0.2) is 0 Å². The van der Waals surface area contributed by atoms with Gasteiger partial charge in [-0.1, -0.05) is 404 Å². The Bertz CT molecular complexity index is 5380. The molecule has 0 saturated carbocycles. The summed E-state index contributed by atoms with van der Waals surface area (Å²) in [5, 5.41) is 2.75. The van der Waals surface area contributed by atoms with Gasteiger partial charge in [0.2, 0.25) is 0 Å². The Morgan fingerprint density at radius 1 is 0.118 bits per heavy atom. The van der Waals surface area contributed by atoms with Crippen LogP contribution >= 0.6 is 0 Å². The fourth-order valence-electron chi connectivity index (χ4n) is 13.7. The summed E-state index contributed by atoms with van der Waals surface area (Å²) in [5.41, 5.74) is 39.8. The minimum Gasteiger partial charge on any atom is -0.0622 e. The van der Waals surface area contributed by atoms with Gasteiger partial charge in [0.1, 0.15) is 0 Å². The fraction of sp³-hybridized carbons (Fsp3) is 0.145. The van der Waals surface area contributed by atoms with Crippen molar-refractivity contribution in [3.8, 4) is 77.9 Å². The van der Waals surface area contributed by atoms with Crippen molar-refractivity contribution in [2.24, 2.45) is 0 Å². The third-order valence-corrected chi connectivity index (χ3v) is 19.8. The van der Waals surface area contributed by atoms with Crippen LogP contribution in [0.3, 0.4) is 0 Å². The molecule has 0 unspecified atom stereocenters. The van der Waals surface area contributed by atoms with Gasteiger partial charge < -0.3 is 0 Å². The summed E-state index contributed by atoms with van der Waals surface area (Å²) in [5.74, 6) is 0. The van der Waals surface area contributed by atoms with Crippen molar-refractivity contribution < 1.29 is 0 Å². The molecule has 0 aliphatic rings. The molecule has 0 saturated heterocycles. The van der Waals surface area contributed by atoms with E-state index in [1.54, 1.807) is 0 Å². The lowest BCUT2D eigenvalue weighted by atomic mass is 9.96. The number of hydrogen-bond acceptors (Lipinski definition) is 0. The summed E-state index contributed by atoms with van der Waals surface area (Å²) in [4.78, 5) is 0. The molecule has 0 atom stereocenters. The van der Waals surface area contributed by atoms with Crippen LogP contribution in [0.25, 0.3) is 88.7 Å². The predicted octanol–water partition coefficient (Wildman–Crippen LogP) is 31.2. The SMILES string of the molecule is Cc1cc(C)cc(-c2ccccc2)c1.Cc1ccc(-c2ccccc2)c(C)c1.Cc1ccc(-c2ccccc2)cc1C.Cc1ccc(C)c(-c2ccccc2)c1.Cc1cccc(-c2ccccc2C)c1.Cc1cccc(C)c1-c1ccccc1.Cc1cccc2c(C)cccc12.Cc1ccccc1-c1ccccc1C. The first-order valence-corrected chi connectivity index (χ1v) is 38.5. The molecule has 0 amide bonds.